The third-order valence-electron chi connectivity index (χ3n) is 5.54. The van der Waals surface area contributed by atoms with Crippen LogP contribution in [-0.2, 0) is 6.54 Å². The molecule has 160 valence electrons. The van der Waals surface area contributed by atoms with Crippen LogP contribution in [0.5, 0.6) is 5.75 Å². The fourth-order valence-electron chi connectivity index (χ4n) is 3.81. The summed E-state index contributed by atoms with van der Waals surface area (Å²) >= 11 is 0. The molecule has 3 aromatic carbocycles. The average molecular weight is 420 g/mol. The Morgan fingerprint density at radius 3 is 2.32 bits per heavy atom. The van der Waals surface area contributed by atoms with Gasteiger partial charge in [0.1, 0.15) is 11.6 Å². The number of hydrogen-bond acceptors (Lipinski definition) is 4. The number of nitrogens with zero attached hydrogens (tertiary/aromatic N) is 2. The van der Waals surface area contributed by atoms with Gasteiger partial charge in [-0.2, -0.15) is 0 Å². The van der Waals surface area contributed by atoms with Crippen molar-refractivity contribution >= 4 is 17.3 Å². The van der Waals surface area contributed by atoms with E-state index in [0.29, 0.717) is 5.56 Å². The summed E-state index contributed by atoms with van der Waals surface area (Å²) in [7, 11) is 1.70. The molecule has 6 heteroatoms. The summed E-state index contributed by atoms with van der Waals surface area (Å²) in [6.45, 7) is 4.60. The van der Waals surface area contributed by atoms with E-state index < -0.39 is 5.82 Å². The molecule has 4 rings (SSSR count). The van der Waals surface area contributed by atoms with E-state index in [1.807, 2.05) is 30.3 Å². The van der Waals surface area contributed by atoms with Gasteiger partial charge < -0.3 is 15.0 Å². The number of piperazine rings is 1. The number of carbonyl (C=O) groups is 1. The van der Waals surface area contributed by atoms with Crippen LogP contribution in [-0.4, -0.2) is 44.1 Å². The van der Waals surface area contributed by atoms with Crippen molar-refractivity contribution in [3.8, 4) is 5.75 Å². The highest BCUT2D eigenvalue weighted by atomic mass is 19.1. The maximum absolute atomic E-state index is 13.7. The van der Waals surface area contributed by atoms with Crippen LogP contribution in [0, 0.1) is 5.82 Å². The van der Waals surface area contributed by atoms with E-state index in [0.717, 1.165) is 49.7 Å². The zero-order valence-corrected chi connectivity index (χ0v) is 17.6. The lowest BCUT2D eigenvalue weighted by Crippen LogP contribution is -2.46. The van der Waals surface area contributed by atoms with Gasteiger partial charge in [0, 0.05) is 38.3 Å². The number of nitrogens with one attached hydrogen (secondary N) is 1. The molecule has 1 saturated heterocycles. The molecule has 0 radical (unpaired) electrons. The molecule has 0 unspecified atom stereocenters. The number of benzene rings is 3. The van der Waals surface area contributed by atoms with Gasteiger partial charge in [0.05, 0.1) is 18.5 Å². The van der Waals surface area contributed by atoms with Gasteiger partial charge in [-0.25, -0.2) is 4.39 Å². The average Bonchev–Trinajstić information content (AvgIpc) is 2.81. The van der Waals surface area contributed by atoms with Crippen molar-refractivity contribution in [3.05, 3.63) is 89.7 Å². The Hall–Kier alpha value is -3.38. The molecule has 0 aromatic heterocycles. The van der Waals surface area contributed by atoms with Crippen molar-refractivity contribution in [2.75, 3.05) is 43.5 Å². The smallest absolute Gasteiger partial charge is 0.255 e. The standard InChI is InChI=1S/C25H26FN3O2/c1-31-24-9-5-4-8-23(24)29-16-14-28(15-17-29)18-19-10-12-20(13-11-19)25(30)27-22-7-3-2-6-21(22)26/h2-13H,14-18H2,1H3,(H,27,30). The Bertz CT molecular complexity index is 1030. The number of para-hydroxylation sites is 3. The summed E-state index contributed by atoms with van der Waals surface area (Å²) in [4.78, 5) is 17.1. The van der Waals surface area contributed by atoms with E-state index in [9.17, 15) is 9.18 Å². The van der Waals surface area contributed by atoms with Crippen LogP contribution in [0.1, 0.15) is 15.9 Å². The Kier molecular flexibility index (Phi) is 6.48. The minimum atomic E-state index is -0.445. The summed E-state index contributed by atoms with van der Waals surface area (Å²) in [6.07, 6.45) is 0. The van der Waals surface area contributed by atoms with Gasteiger partial charge in [0.15, 0.2) is 0 Å². The number of ether oxygens (including phenoxy) is 1. The van der Waals surface area contributed by atoms with E-state index in [4.69, 9.17) is 4.74 Å². The number of methoxy groups -OCH3 is 1. The second-order valence-corrected chi connectivity index (χ2v) is 7.57. The monoisotopic (exact) mass is 419 g/mol. The zero-order valence-electron chi connectivity index (χ0n) is 17.6. The predicted molar refractivity (Wildman–Crippen MR) is 121 cm³/mol. The molecule has 5 nitrogen and oxygen atoms in total. The highest BCUT2D eigenvalue weighted by Crippen LogP contribution is 2.28. The number of anilines is 2. The zero-order chi connectivity index (χ0) is 21.6. The molecule has 1 amide bonds. The number of rotatable bonds is 6. The second-order valence-electron chi connectivity index (χ2n) is 7.57. The first-order valence-electron chi connectivity index (χ1n) is 10.4. The van der Waals surface area contributed by atoms with E-state index in [-0.39, 0.29) is 11.6 Å². The Labute approximate surface area is 182 Å². The minimum Gasteiger partial charge on any atom is -0.495 e. The van der Waals surface area contributed by atoms with Crippen molar-refractivity contribution in [1.29, 1.82) is 0 Å². The van der Waals surface area contributed by atoms with Crippen LogP contribution in [0.15, 0.2) is 72.8 Å². The molecule has 3 aromatic rings. The van der Waals surface area contributed by atoms with Crippen LogP contribution in [0.25, 0.3) is 0 Å². The van der Waals surface area contributed by atoms with E-state index in [1.54, 1.807) is 37.4 Å². The molecule has 1 N–H and O–H groups in total. The number of halogens is 1. The fraction of sp³-hybridized carbons (Fsp3) is 0.240. The first kappa shape index (κ1) is 20.9. The first-order chi connectivity index (χ1) is 15.1. The van der Waals surface area contributed by atoms with Crippen LogP contribution in [0.2, 0.25) is 0 Å². The summed E-state index contributed by atoms with van der Waals surface area (Å²) in [5.74, 6) is 0.141. The first-order valence-corrected chi connectivity index (χ1v) is 10.4. The van der Waals surface area contributed by atoms with Crippen molar-refractivity contribution in [2.24, 2.45) is 0 Å². The van der Waals surface area contributed by atoms with Crippen molar-refractivity contribution in [3.63, 3.8) is 0 Å². The highest BCUT2D eigenvalue weighted by molar-refractivity contribution is 6.04. The second kappa shape index (κ2) is 9.62. The Morgan fingerprint density at radius 2 is 1.61 bits per heavy atom. The number of carbonyl (C=O) groups excluding carboxylic acids is 1. The van der Waals surface area contributed by atoms with Gasteiger partial charge in [-0.3, -0.25) is 9.69 Å². The molecule has 1 fully saturated rings. The van der Waals surface area contributed by atoms with Crippen LogP contribution in [0.4, 0.5) is 15.8 Å². The van der Waals surface area contributed by atoms with Gasteiger partial charge >= 0.3 is 0 Å². The van der Waals surface area contributed by atoms with Gasteiger partial charge in [-0.05, 0) is 42.0 Å². The SMILES string of the molecule is COc1ccccc1N1CCN(Cc2ccc(C(=O)Nc3ccccc3F)cc2)CC1. The maximum atomic E-state index is 13.7. The van der Waals surface area contributed by atoms with Crippen molar-refractivity contribution < 1.29 is 13.9 Å². The summed E-state index contributed by atoms with van der Waals surface area (Å²) in [5.41, 5.74) is 2.97. The summed E-state index contributed by atoms with van der Waals surface area (Å²) in [5, 5.41) is 2.62. The Balaban J connectivity index is 1.32. The third-order valence-corrected chi connectivity index (χ3v) is 5.54. The Morgan fingerprint density at radius 1 is 0.935 bits per heavy atom. The normalized spacial score (nSPS) is 14.3. The fourth-order valence-corrected chi connectivity index (χ4v) is 3.81. The largest absolute Gasteiger partial charge is 0.495 e. The van der Waals surface area contributed by atoms with E-state index in [1.165, 1.54) is 6.07 Å². The predicted octanol–water partition coefficient (Wildman–Crippen LogP) is 4.41. The molecule has 1 aliphatic heterocycles. The molecule has 1 aliphatic rings. The molecular weight excluding hydrogens is 393 g/mol. The quantitative estimate of drug-likeness (QED) is 0.643. The summed E-state index contributed by atoms with van der Waals surface area (Å²) < 4.78 is 19.2. The van der Waals surface area contributed by atoms with Gasteiger partial charge in [0.25, 0.3) is 5.91 Å². The molecule has 0 aliphatic carbocycles. The van der Waals surface area contributed by atoms with E-state index >= 15 is 0 Å². The molecular formula is C25H26FN3O2. The number of hydrogen-bond donors (Lipinski definition) is 1. The van der Waals surface area contributed by atoms with Gasteiger partial charge in [-0.15, -0.1) is 0 Å². The molecule has 0 spiro atoms. The lowest BCUT2D eigenvalue weighted by atomic mass is 10.1. The molecule has 0 saturated carbocycles. The maximum Gasteiger partial charge on any atom is 0.255 e. The number of amides is 1. The lowest BCUT2D eigenvalue weighted by molar-refractivity contribution is 0.102. The van der Waals surface area contributed by atoms with Gasteiger partial charge in [0.2, 0.25) is 0 Å². The van der Waals surface area contributed by atoms with Crippen LogP contribution >= 0.6 is 0 Å². The summed E-state index contributed by atoms with van der Waals surface area (Å²) in [6, 6.07) is 21.8. The molecule has 1 heterocycles. The highest BCUT2D eigenvalue weighted by Gasteiger charge is 2.19. The van der Waals surface area contributed by atoms with Crippen molar-refractivity contribution in [1.82, 2.24) is 4.90 Å². The van der Waals surface area contributed by atoms with Gasteiger partial charge in [-0.1, -0.05) is 36.4 Å². The van der Waals surface area contributed by atoms with Crippen LogP contribution < -0.4 is 15.0 Å². The molecule has 0 atom stereocenters. The molecule has 31 heavy (non-hydrogen) atoms. The minimum absolute atomic E-state index is 0.185. The topological polar surface area (TPSA) is 44.8 Å². The lowest BCUT2D eigenvalue weighted by Gasteiger charge is -2.36. The van der Waals surface area contributed by atoms with Crippen molar-refractivity contribution in [2.45, 2.75) is 6.54 Å². The van der Waals surface area contributed by atoms with Crippen LogP contribution in [0.3, 0.4) is 0 Å². The van der Waals surface area contributed by atoms with E-state index in [2.05, 4.69) is 21.2 Å². The molecule has 0 bridgehead atoms. The third kappa shape index (κ3) is 5.03.